The van der Waals surface area contributed by atoms with Crippen molar-refractivity contribution < 1.29 is 14.0 Å². The molecule has 1 saturated heterocycles. The average Bonchev–Trinajstić information content (AvgIpc) is 3.25. The molecule has 5 heteroatoms. The van der Waals surface area contributed by atoms with Gasteiger partial charge in [-0.3, -0.25) is 14.5 Å². The zero-order valence-corrected chi connectivity index (χ0v) is 14.0. The summed E-state index contributed by atoms with van der Waals surface area (Å²) in [5.41, 5.74) is 1.85. The van der Waals surface area contributed by atoms with Gasteiger partial charge >= 0.3 is 0 Å². The second-order valence-electron chi connectivity index (χ2n) is 6.41. The van der Waals surface area contributed by atoms with E-state index >= 15 is 0 Å². The van der Waals surface area contributed by atoms with E-state index in [1.54, 1.807) is 18.4 Å². The summed E-state index contributed by atoms with van der Waals surface area (Å²) in [6.07, 6.45) is 4.82. The molecule has 0 aliphatic carbocycles. The third-order valence-corrected chi connectivity index (χ3v) is 4.77. The predicted octanol–water partition coefficient (Wildman–Crippen LogP) is 3.05. The van der Waals surface area contributed by atoms with Crippen LogP contribution in [0.2, 0.25) is 0 Å². The van der Waals surface area contributed by atoms with Gasteiger partial charge < -0.3 is 9.32 Å². The highest BCUT2D eigenvalue weighted by Crippen LogP contribution is 2.33. The van der Waals surface area contributed by atoms with Gasteiger partial charge in [0.2, 0.25) is 0 Å². The van der Waals surface area contributed by atoms with Crippen molar-refractivity contribution in [2.24, 2.45) is 0 Å². The van der Waals surface area contributed by atoms with Crippen molar-refractivity contribution in [1.82, 2.24) is 9.80 Å². The summed E-state index contributed by atoms with van der Waals surface area (Å²) in [4.78, 5) is 29.5. The molecule has 0 bridgehead atoms. The molecule has 0 unspecified atom stereocenters. The van der Waals surface area contributed by atoms with E-state index in [0.29, 0.717) is 17.0 Å². The predicted molar refractivity (Wildman–Crippen MR) is 93.1 cm³/mol. The summed E-state index contributed by atoms with van der Waals surface area (Å²) in [6, 6.07) is 13.0. The first-order valence-corrected chi connectivity index (χ1v) is 8.69. The van der Waals surface area contributed by atoms with E-state index in [9.17, 15) is 9.59 Å². The Kier molecular flexibility index (Phi) is 4.14. The van der Waals surface area contributed by atoms with Crippen LogP contribution in [0.3, 0.4) is 0 Å². The second kappa shape index (κ2) is 6.59. The number of rotatable bonds is 4. The van der Waals surface area contributed by atoms with Crippen molar-refractivity contribution in [1.29, 1.82) is 0 Å². The molecule has 1 aromatic heterocycles. The highest BCUT2D eigenvalue weighted by molar-refractivity contribution is 6.35. The van der Waals surface area contributed by atoms with Gasteiger partial charge in [0, 0.05) is 13.1 Å². The molecule has 2 aliphatic rings. The molecule has 0 radical (unpaired) electrons. The third-order valence-electron chi connectivity index (χ3n) is 4.77. The molecule has 1 fully saturated rings. The largest absolute Gasteiger partial charge is 0.467 e. The van der Waals surface area contributed by atoms with Crippen LogP contribution in [-0.4, -0.2) is 34.7 Å². The van der Waals surface area contributed by atoms with Gasteiger partial charge in [-0.2, -0.15) is 0 Å². The van der Waals surface area contributed by atoms with E-state index in [2.05, 4.69) is 4.90 Å². The fourth-order valence-electron chi connectivity index (χ4n) is 3.54. The topological polar surface area (TPSA) is 53.8 Å². The molecule has 2 aliphatic heterocycles. The van der Waals surface area contributed by atoms with Crippen LogP contribution < -0.4 is 0 Å². The van der Waals surface area contributed by atoms with Gasteiger partial charge in [-0.25, -0.2) is 0 Å². The summed E-state index contributed by atoms with van der Waals surface area (Å²) >= 11 is 0. The van der Waals surface area contributed by atoms with Crippen LogP contribution >= 0.6 is 0 Å². The van der Waals surface area contributed by atoms with Gasteiger partial charge in [-0.1, -0.05) is 30.3 Å². The van der Waals surface area contributed by atoms with Gasteiger partial charge in [0.15, 0.2) is 0 Å². The van der Waals surface area contributed by atoms with Crippen LogP contribution in [-0.2, 0) is 16.1 Å². The minimum atomic E-state index is -0.242. The Labute approximate surface area is 146 Å². The Balaban J connectivity index is 1.74. The van der Waals surface area contributed by atoms with Crippen LogP contribution in [0.5, 0.6) is 0 Å². The molecule has 0 spiro atoms. The molecule has 2 amide bonds. The standard InChI is InChI=1S/C20H20N2O3/c23-19-17(15-8-3-1-4-9-15)18(21-11-5-2-6-12-21)20(24)22(19)14-16-10-7-13-25-16/h1,3-4,7-10,13H,2,5-6,11-12,14H2. The normalized spacial score (nSPS) is 18.4. The lowest BCUT2D eigenvalue weighted by molar-refractivity contribution is -0.138. The van der Waals surface area contributed by atoms with Crippen molar-refractivity contribution in [2.75, 3.05) is 13.1 Å². The number of imide groups is 1. The van der Waals surface area contributed by atoms with E-state index in [4.69, 9.17) is 4.42 Å². The SMILES string of the molecule is O=C1C(c2ccccc2)=C(N2CCCCC2)C(=O)N1Cc1ccco1. The Morgan fingerprint density at radius 2 is 1.64 bits per heavy atom. The molecule has 5 nitrogen and oxygen atoms in total. The number of hydrogen-bond donors (Lipinski definition) is 0. The molecular formula is C20H20N2O3. The zero-order chi connectivity index (χ0) is 17.2. The molecule has 0 N–H and O–H groups in total. The molecule has 3 heterocycles. The smallest absolute Gasteiger partial charge is 0.278 e. The maximum atomic E-state index is 13.1. The fourth-order valence-corrected chi connectivity index (χ4v) is 3.54. The first kappa shape index (κ1) is 15.7. The molecule has 0 atom stereocenters. The first-order valence-electron chi connectivity index (χ1n) is 8.69. The minimum absolute atomic E-state index is 0.165. The summed E-state index contributed by atoms with van der Waals surface area (Å²) in [7, 11) is 0. The highest BCUT2D eigenvalue weighted by atomic mass is 16.3. The van der Waals surface area contributed by atoms with E-state index < -0.39 is 0 Å². The summed E-state index contributed by atoms with van der Waals surface area (Å²) in [5.74, 6) is 0.143. The second-order valence-corrected chi connectivity index (χ2v) is 6.41. The van der Waals surface area contributed by atoms with Crippen LogP contribution in [0.4, 0.5) is 0 Å². The minimum Gasteiger partial charge on any atom is -0.467 e. The Hall–Kier alpha value is -2.82. The fraction of sp³-hybridized carbons (Fsp3) is 0.300. The van der Waals surface area contributed by atoms with Crippen molar-refractivity contribution in [3.05, 3.63) is 65.7 Å². The lowest BCUT2D eigenvalue weighted by Gasteiger charge is -2.29. The third kappa shape index (κ3) is 2.86. The number of hydrogen-bond acceptors (Lipinski definition) is 4. The van der Waals surface area contributed by atoms with Crippen molar-refractivity contribution in [2.45, 2.75) is 25.8 Å². The first-order chi connectivity index (χ1) is 12.3. The number of furan rings is 1. The zero-order valence-electron chi connectivity index (χ0n) is 14.0. The van der Waals surface area contributed by atoms with E-state index in [1.807, 2.05) is 30.3 Å². The number of amides is 2. The van der Waals surface area contributed by atoms with Crippen molar-refractivity contribution in [3.8, 4) is 0 Å². The van der Waals surface area contributed by atoms with E-state index in [1.165, 1.54) is 11.3 Å². The molecule has 25 heavy (non-hydrogen) atoms. The maximum Gasteiger partial charge on any atom is 0.278 e. The maximum absolute atomic E-state index is 13.1. The van der Waals surface area contributed by atoms with Crippen molar-refractivity contribution in [3.63, 3.8) is 0 Å². The van der Waals surface area contributed by atoms with Gasteiger partial charge in [0.25, 0.3) is 11.8 Å². The monoisotopic (exact) mass is 336 g/mol. The molecule has 0 saturated carbocycles. The summed E-state index contributed by atoms with van der Waals surface area (Å²) < 4.78 is 5.34. The summed E-state index contributed by atoms with van der Waals surface area (Å²) in [5, 5.41) is 0. The molecule has 4 rings (SSSR count). The van der Waals surface area contributed by atoms with E-state index in [0.717, 1.165) is 31.5 Å². The van der Waals surface area contributed by atoms with Crippen LogP contribution in [0.25, 0.3) is 5.57 Å². The van der Waals surface area contributed by atoms with E-state index in [-0.39, 0.29) is 18.4 Å². The number of carbonyl (C=O) groups excluding carboxylic acids is 2. The summed E-state index contributed by atoms with van der Waals surface area (Å²) in [6.45, 7) is 1.80. The average molecular weight is 336 g/mol. The number of carbonyl (C=O) groups is 2. The quantitative estimate of drug-likeness (QED) is 0.805. The van der Waals surface area contributed by atoms with Crippen molar-refractivity contribution >= 4 is 17.4 Å². The lowest BCUT2D eigenvalue weighted by atomic mass is 10.0. The Morgan fingerprint density at radius 3 is 2.32 bits per heavy atom. The highest BCUT2D eigenvalue weighted by Gasteiger charge is 2.41. The molecule has 2 aromatic rings. The van der Waals surface area contributed by atoms with Gasteiger partial charge in [-0.05, 0) is 37.0 Å². The Bertz CT molecular complexity index is 803. The van der Waals surface area contributed by atoms with Crippen LogP contribution in [0.15, 0.2) is 58.8 Å². The number of benzene rings is 1. The molecule has 1 aromatic carbocycles. The molecule has 128 valence electrons. The lowest BCUT2D eigenvalue weighted by Crippen LogP contribution is -2.36. The van der Waals surface area contributed by atoms with Gasteiger partial charge in [0.05, 0.1) is 18.4 Å². The Morgan fingerprint density at radius 1 is 0.880 bits per heavy atom. The number of likely N-dealkylation sites (tertiary alicyclic amines) is 1. The van der Waals surface area contributed by atoms with Crippen LogP contribution in [0.1, 0.15) is 30.6 Å². The van der Waals surface area contributed by atoms with Crippen LogP contribution in [0, 0.1) is 0 Å². The molecular weight excluding hydrogens is 316 g/mol. The van der Waals surface area contributed by atoms with Gasteiger partial charge in [-0.15, -0.1) is 0 Å². The number of piperidine rings is 1. The van der Waals surface area contributed by atoms with Gasteiger partial charge in [0.1, 0.15) is 11.5 Å². The number of nitrogens with zero attached hydrogens (tertiary/aromatic N) is 2.